The molecule has 0 aliphatic rings. The molecule has 136 valence electrons. The standard InChI is InChI=1S/C23H14F2N2O/c24-19-5-1-15(2-6-19)21-13-17(9-11-26-21)23(28)18-10-12-27-22(14-18)16-3-7-20(25)8-4-16/h1-14H. The molecule has 0 atom stereocenters. The van der Waals surface area contributed by atoms with Crippen LogP contribution in [0, 0.1) is 11.6 Å². The lowest BCUT2D eigenvalue weighted by molar-refractivity contribution is 0.103. The summed E-state index contributed by atoms with van der Waals surface area (Å²) in [5, 5.41) is 0. The maximum absolute atomic E-state index is 13.1. The van der Waals surface area contributed by atoms with Crippen LogP contribution < -0.4 is 0 Å². The highest BCUT2D eigenvalue weighted by Crippen LogP contribution is 2.22. The van der Waals surface area contributed by atoms with Gasteiger partial charge in [0.1, 0.15) is 11.6 Å². The van der Waals surface area contributed by atoms with Gasteiger partial charge in [0, 0.05) is 34.6 Å². The Morgan fingerprint density at radius 1 is 0.607 bits per heavy atom. The minimum atomic E-state index is -0.332. The zero-order valence-electron chi connectivity index (χ0n) is 14.6. The third-order valence-corrected chi connectivity index (χ3v) is 4.32. The Labute approximate surface area is 160 Å². The van der Waals surface area contributed by atoms with E-state index in [4.69, 9.17) is 0 Å². The predicted octanol–water partition coefficient (Wildman–Crippen LogP) is 5.32. The van der Waals surface area contributed by atoms with Crippen LogP contribution in [0.5, 0.6) is 0 Å². The summed E-state index contributed by atoms with van der Waals surface area (Å²) in [7, 11) is 0. The molecule has 2 aromatic carbocycles. The highest BCUT2D eigenvalue weighted by atomic mass is 19.1. The van der Waals surface area contributed by atoms with Crippen molar-refractivity contribution in [3.63, 3.8) is 0 Å². The third-order valence-electron chi connectivity index (χ3n) is 4.32. The zero-order chi connectivity index (χ0) is 19.5. The van der Waals surface area contributed by atoms with Crippen LogP contribution in [0.4, 0.5) is 8.78 Å². The normalized spacial score (nSPS) is 10.6. The number of aromatic nitrogens is 2. The first-order valence-electron chi connectivity index (χ1n) is 8.59. The van der Waals surface area contributed by atoms with Crippen molar-refractivity contribution in [2.24, 2.45) is 0 Å². The lowest BCUT2D eigenvalue weighted by Gasteiger charge is -2.07. The van der Waals surface area contributed by atoms with E-state index in [1.54, 1.807) is 60.9 Å². The Morgan fingerprint density at radius 2 is 1.00 bits per heavy atom. The highest BCUT2D eigenvalue weighted by Gasteiger charge is 2.12. The molecule has 0 aliphatic heterocycles. The number of carbonyl (C=O) groups is 1. The number of ketones is 1. The molecule has 0 spiro atoms. The number of nitrogens with zero attached hydrogens (tertiary/aromatic N) is 2. The molecule has 0 N–H and O–H groups in total. The van der Waals surface area contributed by atoms with Crippen LogP contribution in [-0.2, 0) is 0 Å². The van der Waals surface area contributed by atoms with E-state index < -0.39 is 0 Å². The van der Waals surface area contributed by atoms with Crippen LogP contribution in [0.15, 0.2) is 85.2 Å². The second-order valence-corrected chi connectivity index (χ2v) is 6.20. The van der Waals surface area contributed by atoms with Gasteiger partial charge in [-0.2, -0.15) is 0 Å². The van der Waals surface area contributed by atoms with Gasteiger partial charge in [0.2, 0.25) is 0 Å². The Balaban J connectivity index is 1.66. The van der Waals surface area contributed by atoms with E-state index in [-0.39, 0.29) is 17.4 Å². The Bertz CT molecular complexity index is 1050. The molecule has 0 unspecified atom stereocenters. The summed E-state index contributed by atoms with van der Waals surface area (Å²) in [4.78, 5) is 21.5. The van der Waals surface area contributed by atoms with Gasteiger partial charge in [-0.05, 0) is 72.8 Å². The maximum Gasteiger partial charge on any atom is 0.193 e. The molecule has 28 heavy (non-hydrogen) atoms. The summed E-state index contributed by atoms with van der Waals surface area (Å²) in [6.07, 6.45) is 3.10. The largest absolute Gasteiger partial charge is 0.289 e. The van der Waals surface area contributed by atoms with Gasteiger partial charge < -0.3 is 0 Å². The lowest BCUT2D eigenvalue weighted by Crippen LogP contribution is -2.03. The molecule has 0 bridgehead atoms. The highest BCUT2D eigenvalue weighted by molar-refractivity contribution is 6.09. The molecule has 0 saturated heterocycles. The van der Waals surface area contributed by atoms with E-state index in [2.05, 4.69) is 9.97 Å². The molecular weight excluding hydrogens is 358 g/mol. The number of hydrogen-bond donors (Lipinski definition) is 0. The van der Waals surface area contributed by atoms with Crippen molar-refractivity contribution in [2.75, 3.05) is 0 Å². The smallest absolute Gasteiger partial charge is 0.193 e. The monoisotopic (exact) mass is 372 g/mol. The third kappa shape index (κ3) is 3.69. The van der Waals surface area contributed by atoms with E-state index in [0.717, 1.165) is 11.1 Å². The fraction of sp³-hybridized carbons (Fsp3) is 0. The lowest BCUT2D eigenvalue weighted by atomic mass is 10.0. The van der Waals surface area contributed by atoms with Crippen LogP contribution in [0.2, 0.25) is 0 Å². The molecule has 0 fully saturated rings. The minimum absolute atomic E-state index is 0.184. The van der Waals surface area contributed by atoms with Crippen LogP contribution in [-0.4, -0.2) is 15.8 Å². The summed E-state index contributed by atoms with van der Waals surface area (Å²) in [6.45, 7) is 0. The van der Waals surface area contributed by atoms with Gasteiger partial charge in [0.25, 0.3) is 0 Å². The Kier molecular flexibility index (Phi) is 4.72. The average Bonchev–Trinajstić information content (AvgIpc) is 2.74. The molecule has 0 aliphatic carbocycles. The summed E-state index contributed by atoms with van der Waals surface area (Å²) < 4.78 is 26.3. The fourth-order valence-electron chi connectivity index (χ4n) is 2.87. The first kappa shape index (κ1) is 17.7. The van der Waals surface area contributed by atoms with Crippen molar-refractivity contribution in [1.29, 1.82) is 0 Å². The van der Waals surface area contributed by atoms with Crippen molar-refractivity contribution in [3.05, 3.63) is 108 Å². The summed E-state index contributed by atoms with van der Waals surface area (Å²) in [5.41, 5.74) is 3.53. The van der Waals surface area contributed by atoms with Gasteiger partial charge >= 0.3 is 0 Å². The quantitative estimate of drug-likeness (QED) is 0.455. The Hall–Kier alpha value is -3.73. The summed E-state index contributed by atoms with van der Waals surface area (Å²) in [6, 6.07) is 18.5. The second kappa shape index (κ2) is 7.48. The number of carbonyl (C=O) groups excluding carboxylic acids is 1. The van der Waals surface area contributed by atoms with Gasteiger partial charge in [0.05, 0.1) is 11.4 Å². The molecule has 3 nitrogen and oxygen atoms in total. The SMILES string of the molecule is O=C(c1ccnc(-c2ccc(F)cc2)c1)c1ccnc(-c2ccc(F)cc2)c1. The van der Waals surface area contributed by atoms with E-state index in [0.29, 0.717) is 22.5 Å². The number of benzene rings is 2. The topological polar surface area (TPSA) is 42.9 Å². The van der Waals surface area contributed by atoms with Gasteiger partial charge in [0.15, 0.2) is 5.78 Å². The molecule has 0 radical (unpaired) electrons. The molecule has 4 rings (SSSR count). The van der Waals surface area contributed by atoms with Crippen molar-refractivity contribution >= 4 is 5.78 Å². The first-order valence-corrected chi connectivity index (χ1v) is 8.59. The molecule has 2 heterocycles. The first-order chi connectivity index (χ1) is 13.6. The van der Waals surface area contributed by atoms with Gasteiger partial charge in [-0.15, -0.1) is 0 Å². The number of rotatable bonds is 4. The Morgan fingerprint density at radius 3 is 1.39 bits per heavy atom. The van der Waals surface area contributed by atoms with Crippen molar-refractivity contribution < 1.29 is 13.6 Å². The predicted molar refractivity (Wildman–Crippen MR) is 103 cm³/mol. The zero-order valence-corrected chi connectivity index (χ0v) is 14.6. The van der Waals surface area contributed by atoms with Crippen molar-refractivity contribution in [1.82, 2.24) is 9.97 Å². The minimum Gasteiger partial charge on any atom is -0.289 e. The molecule has 4 aromatic rings. The molecule has 0 saturated carbocycles. The van der Waals surface area contributed by atoms with Crippen LogP contribution in [0.1, 0.15) is 15.9 Å². The molecule has 0 amide bonds. The molecule has 2 aromatic heterocycles. The van der Waals surface area contributed by atoms with Crippen molar-refractivity contribution in [3.8, 4) is 22.5 Å². The summed E-state index contributed by atoms with van der Waals surface area (Å²) >= 11 is 0. The van der Waals surface area contributed by atoms with Gasteiger partial charge in [-0.25, -0.2) is 8.78 Å². The van der Waals surface area contributed by atoms with Crippen molar-refractivity contribution in [2.45, 2.75) is 0 Å². The summed E-state index contributed by atoms with van der Waals surface area (Å²) in [5.74, 6) is -0.848. The van der Waals surface area contributed by atoms with Crippen LogP contribution >= 0.6 is 0 Å². The van der Waals surface area contributed by atoms with Gasteiger partial charge in [-0.1, -0.05) is 0 Å². The fourth-order valence-corrected chi connectivity index (χ4v) is 2.87. The van der Waals surface area contributed by atoms with E-state index in [1.165, 1.54) is 24.3 Å². The molecular formula is C23H14F2N2O. The maximum atomic E-state index is 13.1. The second-order valence-electron chi connectivity index (χ2n) is 6.20. The number of halogens is 2. The van der Waals surface area contributed by atoms with Crippen LogP contribution in [0.25, 0.3) is 22.5 Å². The number of hydrogen-bond acceptors (Lipinski definition) is 3. The molecule has 5 heteroatoms. The van der Waals surface area contributed by atoms with E-state index in [1.807, 2.05) is 0 Å². The average molecular weight is 372 g/mol. The van der Waals surface area contributed by atoms with E-state index in [9.17, 15) is 13.6 Å². The van der Waals surface area contributed by atoms with Crippen LogP contribution in [0.3, 0.4) is 0 Å². The van der Waals surface area contributed by atoms with Gasteiger partial charge in [-0.3, -0.25) is 14.8 Å². The van der Waals surface area contributed by atoms with E-state index >= 15 is 0 Å². The number of pyridine rings is 2.